The Kier molecular flexibility index (Phi) is 5.97. The van der Waals surface area contributed by atoms with E-state index in [-0.39, 0.29) is 10.8 Å². The van der Waals surface area contributed by atoms with Gasteiger partial charge in [-0.25, -0.2) is 23.2 Å². The molecule has 2 amide bonds. The number of aromatic nitrogens is 4. The molecule has 0 atom stereocenters. The van der Waals surface area contributed by atoms with E-state index in [0.717, 1.165) is 24.6 Å². The highest BCUT2D eigenvalue weighted by molar-refractivity contribution is 7.90. The number of urea groups is 1. The van der Waals surface area contributed by atoms with Crippen molar-refractivity contribution in [3.05, 3.63) is 59.9 Å². The first-order valence-corrected chi connectivity index (χ1v) is 12.0. The number of anilines is 2. The molecule has 3 heterocycles. The summed E-state index contributed by atoms with van der Waals surface area (Å²) >= 11 is 0. The molecule has 2 N–H and O–H groups in total. The molecule has 0 unspecified atom stereocenters. The van der Waals surface area contributed by atoms with Crippen LogP contribution in [0, 0.1) is 6.92 Å². The zero-order valence-corrected chi connectivity index (χ0v) is 19.5. The molecule has 4 aromatic rings. The first-order chi connectivity index (χ1) is 16.3. The van der Waals surface area contributed by atoms with Gasteiger partial charge in [0.1, 0.15) is 5.82 Å². The molecule has 0 aliphatic rings. The van der Waals surface area contributed by atoms with Crippen LogP contribution in [0.25, 0.3) is 22.2 Å². The SMILES string of the molecule is Cc1nn(C)c2nc(S(C)(=O)=O)cc(-c3ccc(NC(=O)Nc4cc(C(F)(F)F)ccn4)cc3)c12. The second-order valence-electron chi connectivity index (χ2n) is 7.77. The molecule has 3 aromatic heterocycles. The fraction of sp³-hybridized carbons (Fsp3) is 0.182. The number of rotatable bonds is 4. The van der Waals surface area contributed by atoms with Crippen LogP contribution in [-0.2, 0) is 23.1 Å². The molecule has 0 bridgehead atoms. The van der Waals surface area contributed by atoms with Crippen LogP contribution >= 0.6 is 0 Å². The number of carbonyl (C=O) groups is 1. The average molecular weight is 504 g/mol. The Morgan fingerprint density at radius 1 is 1.06 bits per heavy atom. The summed E-state index contributed by atoms with van der Waals surface area (Å²) in [6.07, 6.45) is -2.54. The lowest BCUT2D eigenvalue weighted by Gasteiger charge is -2.11. The summed E-state index contributed by atoms with van der Waals surface area (Å²) in [5.74, 6) is -0.256. The minimum atomic E-state index is -4.56. The molecule has 13 heteroatoms. The summed E-state index contributed by atoms with van der Waals surface area (Å²) in [6.45, 7) is 1.79. The second-order valence-corrected chi connectivity index (χ2v) is 9.73. The van der Waals surface area contributed by atoms with Crippen molar-refractivity contribution in [3.8, 4) is 11.1 Å². The highest BCUT2D eigenvalue weighted by Gasteiger charge is 2.30. The van der Waals surface area contributed by atoms with Crippen molar-refractivity contribution in [2.24, 2.45) is 7.05 Å². The van der Waals surface area contributed by atoms with Crippen LogP contribution in [0.15, 0.2) is 53.7 Å². The molecule has 0 radical (unpaired) electrons. The topological polar surface area (TPSA) is 119 Å². The van der Waals surface area contributed by atoms with Gasteiger partial charge in [-0.05, 0) is 48.4 Å². The number of nitrogens with zero attached hydrogens (tertiary/aromatic N) is 4. The van der Waals surface area contributed by atoms with E-state index in [0.29, 0.717) is 33.5 Å². The maximum atomic E-state index is 12.8. The van der Waals surface area contributed by atoms with Gasteiger partial charge in [0, 0.05) is 30.6 Å². The van der Waals surface area contributed by atoms with Crippen LogP contribution in [0.4, 0.5) is 29.5 Å². The Labute approximate surface area is 197 Å². The van der Waals surface area contributed by atoms with Gasteiger partial charge >= 0.3 is 12.2 Å². The Morgan fingerprint density at radius 2 is 1.74 bits per heavy atom. The summed E-state index contributed by atoms with van der Waals surface area (Å²) in [7, 11) is -1.92. The molecule has 182 valence electrons. The molecule has 0 spiro atoms. The van der Waals surface area contributed by atoms with Gasteiger partial charge in [-0.1, -0.05) is 12.1 Å². The number of nitrogens with one attached hydrogen (secondary N) is 2. The van der Waals surface area contributed by atoms with Crippen LogP contribution in [-0.4, -0.2) is 40.5 Å². The number of fused-ring (bicyclic) bond motifs is 1. The minimum Gasteiger partial charge on any atom is -0.308 e. The number of carbonyl (C=O) groups excluding carboxylic acids is 1. The number of benzene rings is 1. The van der Waals surface area contributed by atoms with E-state index < -0.39 is 27.6 Å². The molecule has 0 saturated heterocycles. The van der Waals surface area contributed by atoms with Gasteiger partial charge < -0.3 is 5.32 Å². The summed E-state index contributed by atoms with van der Waals surface area (Å²) in [5.41, 5.74) is 1.76. The van der Waals surface area contributed by atoms with Gasteiger partial charge in [0.25, 0.3) is 0 Å². The normalized spacial score (nSPS) is 12.1. The summed E-state index contributed by atoms with van der Waals surface area (Å²) in [4.78, 5) is 20.2. The van der Waals surface area contributed by atoms with Crippen molar-refractivity contribution in [2.75, 3.05) is 16.9 Å². The highest BCUT2D eigenvalue weighted by Crippen LogP contribution is 2.33. The van der Waals surface area contributed by atoms with Crippen molar-refractivity contribution in [3.63, 3.8) is 0 Å². The Bertz CT molecular complexity index is 1550. The van der Waals surface area contributed by atoms with Crippen LogP contribution in [0.5, 0.6) is 0 Å². The largest absolute Gasteiger partial charge is 0.416 e. The van der Waals surface area contributed by atoms with Gasteiger partial charge in [-0.3, -0.25) is 10.00 Å². The lowest BCUT2D eigenvalue weighted by atomic mass is 10.0. The first-order valence-electron chi connectivity index (χ1n) is 10.1. The van der Waals surface area contributed by atoms with E-state index in [1.807, 2.05) is 0 Å². The zero-order valence-electron chi connectivity index (χ0n) is 18.7. The van der Waals surface area contributed by atoms with Crippen LogP contribution in [0.3, 0.4) is 0 Å². The molecule has 0 aliphatic carbocycles. The lowest BCUT2D eigenvalue weighted by Crippen LogP contribution is -2.20. The van der Waals surface area contributed by atoms with Crippen LogP contribution < -0.4 is 10.6 Å². The zero-order chi connectivity index (χ0) is 25.5. The summed E-state index contributed by atoms with van der Waals surface area (Å²) < 4.78 is 64.4. The van der Waals surface area contributed by atoms with Gasteiger partial charge in [-0.15, -0.1) is 0 Å². The van der Waals surface area contributed by atoms with E-state index in [1.165, 1.54) is 10.7 Å². The average Bonchev–Trinajstić information content (AvgIpc) is 3.06. The third-order valence-corrected chi connectivity index (χ3v) is 6.08. The molecule has 1 aromatic carbocycles. The predicted molar refractivity (Wildman–Crippen MR) is 124 cm³/mol. The smallest absolute Gasteiger partial charge is 0.308 e. The second kappa shape index (κ2) is 8.65. The number of amides is 2. The first kappa shape index (κ1) is 24.1. The maximum absolute atomic E-state index is 12.8. The Morgan fingerprint density at radius 3 is 2.37 bits per heavy atom. The molecule has 4 rings (SSSR count). The monoisotopic (exact) mass is 504 g/mol. The quantitative estimate of drug-likeness (QED) is 0.425. The number of sulfone groups is 1. The van der Waals surface area contributed by atoms with Crippen molar-refractivity contribution >= 4 is 38.4 Å². The number of alkyl halides is 3. The van der Waals surface area contributed by atoms with Gasteiger partial charge in [-0.2, -0.15) is 18.3 Å². The van der Waals surface area contributed by atoms with Crippen molar-refractivity contribution < 1.29 is 26.4 Å². The predicted octanol–water partition coefficient (Wildman–Crippen LogP) is 4.41. The molecular weight excluding hydrogens is 485 g/mol. The van der Waals surface area contributed by atoms with Crippen molar-refractivity contribution in [2.45, 2.75) is 18.1 Å². The summed E-state index contributed by atoms with van der Waals surface area (Å²) in [6, 6.07) is 8.72. The maximum Gasteiger partial charge on any atom is 0.416 e. The number of halogens is 3. The van der Waals surface area contributed by atoms with Gasteiger partial charge in [0.05, 0.1) is 11.3 Å². The van der Waals surface area contributed by atoms with Gasteiger partial charge in [0.15, 0.2) is 20.5 Å². The Hall–Kier alpha value is -4.00. The third kappa shape index (κ3) is 5.09. The molecular formula is C22H19F3N6O3S. The van der Waals surface area contributed by atoms with E-state index in [2.05, 4.69) is 25.7 Å². The number of pyridine rings is 2. The lowest BCUT2D eigenvalue weighted by molar-refractivity contribution is -0.137. The minimum absolute atomic E-state index is 0.0989. The van der Waals surface area contributed by atoms with Crippen LogP contribution in [0.1, 0.15) is 11.3 Å². The number of aryl methyl sites for hydroxylation is 2. The van der Waals surface area contributed by atoms with E-state index in [9.17, 15) is 26.4 Å². The van der Waals surface area contributed by atoms with E-state index in [4.69, 9.17) is 0 Å². The van der Waals surface area contributed by atoms with Gasteiger partial charge in [0.2, 0.25) is 0 Å². The molecule has 9 nitrogen and oxygen atoms in total. The van der Waals surface area contributed by atoms with E-state index in [1.54, 1.807) is 38.2 Å². The fourth-order valence-electron chi connectivity index (χ4n) is 3.53. The molecule has 0 aliphatic heterocycles. The number of hydrogen-bond acceptors (Lipinski definition) is 6. The fourth-order valence-corrected chi connectivity index (χ4v) is 4.11. The Balaban J connectivity index is 1.60. The highest BCUT2D eigenvalue weighted by atomic mass is 32.2. The molecule has 0 fully saturated rings. The third-order valence-electron chi connectivity index (χ3n) is 5.11. The molecule has 0 saturated carbocycles. The number of hydrogen-bond donors (Lipinski definition) is 2. The van der Waals surface area contributed by atoms with Crippen molar-refractivity contribution in [1.29, 1.82) is 0 Å². The van der Waals surface area contributed by atoms with Crippen molar-refractivity contribution in [1.82, 2.24) is 19.7 Å². The molecule has 35 heavy (non-hydrogen) atoms. The standard InChI is InChI=1S/C22H19F3N6O3S/c1-12-19-16(11-18(35(3,33)34)29-20(19)31(2)30-12)13-4-6-15(7-5-13)27-21(32)28-17-10-14(8-9-26-17)22(23,24)25/h4-11H,1-3H3,(H2,26,27,28,32). The van der Waals surface area contributed by atoms with Crippen LogP contribution in [0.2, 0.25) is 0 Å². The van der Waals surface area contributed by atoms with E-state index >= 15 is 0 Å². The summed E-state index contributed by atoms with van der Waals surface area (Å²) in [5, 5.41) is 9.71.